The summed E-state index contributed by atoms with van der Waals surface area (Å²) in [6, 6.07) is 30.8. The number of benzene rings is 4. The van der Waals surface area contributed by atoms with E-state index in [1.807, 2.05) is 97.1 Å². The summed E-state index contributed by atoms with van der Waals surface area (Å²) in [7, 11) is 0. The third-order valence-electron chi connectivity index (χ3n) is 7.26. The molecule has 0 atom stereocenters. The van der Waals surface area contributed by atoms with Crippen molar-refractivity contribution in [3.63, 3.8) is 0 Å². The third-order valence-corrected chi connectivity index (χ3v) is 7.26. The standard InChI is InChI=1S/C37H42N2O4/c1-3-5-7-13-30-15-9-11-17-34(30)42-36(40)38-32-23-19-28(20-24-32)27-29-21-25-33(26-22-29)39-37(41)43-35-18-12-10-16-31(35)14-8-6-4-2/h9-12,15-26H,3-8,13-14,27H2,1-2H3,(H,38,40)(H,39,41). The molecule has 4 rings (SSSR count). The Kier molecular flexibility index (Phi) is 12.2. The number of rotatable bonds is 14. The molecule has 0 saturated carbocycles. The van der Waals surface area contributed by atoms with Gasteiger partial charge in [-0.3, -0.25) is 10.6 Å². The van der Waals surface area contributed by atoms with E-state index in [2.05, 4.69) is 24.5 Å². The van der Waals surface area contributed by atoms with Crippen molar-refractivity contribution in [3.8, 4) is 11.5 Å². The molecule has 43 heavy (non-hydrogen) atoms. The molecule has 2 amide bonds. The van der Waals surface area contributed by atoms with Gasteiger partial charge in [0.2, 0.25) is 0 Å². The normalized spacial score (nSPS) is 10.7. The lowest BCUT2D eigenvalue weighted by Gasteiger charge is -2.12. The number of hydrogen-bond acceptors (Lipinski definition) is 4. The van der Waals surface area contributed by atoms with Crippen molar-refractivity contribution in [1.82, 2.24) is 0 Å². The molecule has 0 saturated heterocycles. The summed E-state index contributed by atoms with van der Waals surface area (Å²) < 4.78 is 11.2. The topological polar surface area (TPSA) is 76.7 Å². The van der Waals surface area contributed by atoms with Crippen molar-refractivity contribution in [1.29, 1.82) is 0 Å². The molecule has 6 nitrogen and oxygen atoms in total. The average Bonchev–Trinajstić information content (AvgIpc) is 3.01. The highest BCUT2D eigenvalue weighted by Gasteiger charge is 2.11. The van der Waals surface area contributed by atoms with Crippen LogP contribution in [-0.4, -0.2) is 12.2 Å². The van der Waals surface area contributed by atoms with Gasteiger partial charge in [-0.25, -0.2) is 9.59 Å². The minimum atomic E-state index is -0.503. The molecule has 224 valence electrons. The van der Waals surface area contributed by atoms with Gasteiger partial charge in [0.1, 0.15) is 11.5 Å². The fourth-order valence-corrected chi connectivity index (χ4v) is 4.88. The van der Waals surface area contributed by atoms with E-state index < -0.39 is 12.2 Å². The van der Waals surface area contributed by atoms with Crippen LogP contribution >= 0.6 is 0 Å². The van der Waals surface area contributed by atoms with Crippen molar-refractivity contribution >= 4 is 23.6 Å². The molecule has 4 aromatic carbocycles. The largest absolute Gasteiger partial charge is 0.417 e. The van der Waals surface area contributed by atoms with E-state index in [1.54, 1.807) is 0 Å². The molecule has 0 aromatic heterocycles. The highest BCUT2D eigenvalue weighted by atomic mass is 16.6. The molecular formula is C37H42N2O4. The maximum atomic E-state index is 12.5. The van der Waals surface area contributed by atoms with Crippen LogP contribution in [0, 0.1) is 0 Å². The molecular weight excluding hydrogens is 536 g/mol. The van der Waals surface area contributed by atoms with Gasteiger partial charge in [0, 0.05) is 11.4 Å². The van der Waals surface area contributed by atoms with E-state index >= 15 is 0 Å². The highest BCUT2D eigenvalue weighted by molar-refractivity contribution is 5.87. The van der Waals surface area contributed by atoms with E-state index in [0.717, 1.165) is 73.6 Å². The maximum Gasteiger partial charge on any atom is 0.417 e. The van der Waals surface area contributed by atoms with Gasteiger partial charge in [-0.1, -0.05) is 100 Å². The summed E-state index contributed by atoms with van der Waals surface area (Å²) in [6.45, 7) is 4.35. The van der Waals surface area contributed by atoms with Gasteiger partial charge in [-0.2, -0.15) is 0 Å². The maximum absolute atomic E-state index is 12.5. The van der Waals surface area contributed by atoms with Gasteiger partial charge in [-0.15, -0.1) is 0 Å². The average molecular weight is 579 g/mol. The van der Waals surface area contributed by atoms with Crippen molar-refractivity contribution < 1.29 is 19.1 Å². The number of amides is 2. The molecule has 0 radical (unpaired) electrons. The van der Waals surface area contributed by atoms with Gasteiger partial charge >= 0.3 is 12.2 Å². The fourth-order valence-electron chi connectivity index (χ4n) is 4.88. The number of ether oxygens (including phenoxy) is 2. The van der Waals surface area contributed by atoms with Gasteiger partial charge in [-0.05, 0) is 90.8 Å². The van der Waals surface area contributed by atoms with Gasteiger partial charge in [0.15, 0.2) is 0 Å². The lowest BCUT2D eigenvalue weighted by Crippen LogP contribution is -2.17. The Balaban J connectivity index is 1.25. The summed E-state index contributed by atoms with van der Waals surface area (Å²) in [4.78, 5) is 25.1. The highest BCUT2D eigenvalue weighted by Crippen LogP contribution is 2.23. The van der Waals surface area contributed by atoms with E-state index in [9.17, 15) is 9.59 Å². The lowest BCUT2D eigenvalue weighted by molar-refractivity contribution is 0.213. The van der Waals surface area contributed by atoms with Crippen molar-refractivity contribution in [2.45, 2.75) is 71.6 Å². The number of unbranched alkanes of at least 4 members (excludes halogenated alkanes) is 4. The van der Waals surface area contributed by atoms with E-state index in [0.29, 0.717) is 29.3 Å². The third kappa shape index (κ3) is 10.3. The zero-order valence-corrected chi connectivity index (χ0v) is 25.2. The van der Waals surface area contributed by atoms with Crippen LogP contribution in [0.5, 0.6) is 11.5 Å². The molecule has 0 aliphatic rings. The predicted molar refractivity (Wildman–Crippen MR) is 174 cm³/mol. The van der Waals surface area contributed by atoms with Crippen molar-refractivity contribution in [3.05, 3.63) is 119 Å². The molecule has 4 aromatic rings. The van der Waals surface area contributed by atoms with Crippen molar-refractivity contribution in [2.75, 3.05) is 10.6 Å². The molecule has 0 aliphatic carbocycles. The van der Waals surface area contributed by atoms with Crippen molar-refractivity contribution in [2.24, 2.45) is 0 Å². The first-order chi connectivity index (χ1) is 21.0. The van der Waals surface area contributed by atoms with Crippen LogP contribution in [0.1, 0.15) is 74.6 Å². The minimum Gasteiger partial charge on any atom is -0.410 e. The molecule has 0 bridgehead atoms. The number of para-hydroxylation sites is 2. The molecule has 0 fully saturated rings. The molecule has 0 heterocycles. The quantitative estimate of drug-likeness (QED) is 0.146. The summed E-state index contributed by atoms with van der Waals surface area (Å²) in [5, 5.41) is 5.64. The smallest absolute Gasteiger partial charge is 0.410 e. The molecule has 2 N–H and O–H groups in total. The Labute approximate surface area is 255 Å². The summed E-state index contributed by atoms with van der Waals surface area (Å²) in [5.74, 6) is 1.21. The van der Waals surface area contributed by atoms with Crippen LogP contribution in [0.4, 0.5) is 21.0 Å². The zero-order valence-electron chi connectivity index (χ0n) is 25.2. The molecule has 0 spiro atoms. The molecule has 0 unspecified atom stereocenters. The van der Waals surface area contributed by atoms with Gasteiger partial charge in [0.05, 0.1) is 0 Å². The first-order valence-corrected chi connectivity index (χ1v) is 15.4. The number of hydrogen-bond donors (Lipinski definition) is 2. The summed E-state index contributed by atoms with van der Waals surface area (Å²) in [6.07, 6.45) is 8.22. The van der Waals surface area contributed by atoms with Gasteiger partial charge in [0.25, 0.3) is 0 Å². The Hall–Kier alpha value is -4.58. The number of anilines is 2. The van der Waals surface area contributed by atoms with E-state index in [-0.39, 0.29) is 0 Å². The SMILES string of the molecule is CCCCCc1ccccc1OC(=O)Nc1ccc(Cc2ccc(NC(=O)Oc3ccccc3CCCCC)cc2)cc1. The second-order valence-corrected chi connectivity index (χ2v) is 10.7. The van der Waals surface area contributed by atoms with Crippen LogP contribution in [0.3, 0.4) is 0 Å². The minimum absolute atomic E-state index is 0.503. The molecule has 0 aliphatic heterocycles. The lowest BCUT2D eigenvalue weighted by atomic mass is 10.0. The van der Waals surface area contributed by atoms with Crippen LogP contribution in [0.15, 0.2) is 97.1 Å². The zero-order chi connectivity index (χ0) is 30.3. The van der Waals surface area contributed by atoms with Crippen LogP contribution in [0.25, 0.3) is 0 Å². The predicted octanol–water partition coefficient (Wildman–Crippen LogP) is 9.96. The van der Waals surface area contributed by atoms with E-state index in [1.165, 1.54) is 0 Å². The first-order valence-electron chi connectivity index (χ1n) is 15.4. The second kappa shape index (κ2) is 16.8. The second-order valence-electron chi connectivity index (χ2n) is 10.7. The Morgan fingerprint density at radius 2 is 0.930 bits per heavy atom. The van der Waals surface area contributed by atoms with Crippen LogP contribution < -0.4 is 20.1 Å². The number of carbonyl (C=O) groups excluding carboxylic acids is 2. The summed E-state index contributed by atoms with van der Waals surface area (Å²) >= 11 is 0. The number of carbonyl (C=O) groups is 2. The van der Waals surface area contributed by atoms with Gasteiger partial charge < -0.3 is 9.47 Å². The Morgan fingerprint density at radius 3 is 1.33 bits per heavy atom. The molecule has 6 heteroatoms. The first kappa shape index (κ1) is 31.4. The van der Waals surface area contributed by atoms with Crippen LogP contribution in [-0.2, 0) is 19.3 Å². The number of nitrogens with one attached hydrogen (secondary N) is 2. The van der Waals surface area contributed by atoms with Crippen LogP contribution in [0.2, 0.25) is 0 Å². The van der Waals surface area contributed by atoms with E-state index in [4.69, 9.17) is 9.47 Å². The number of aryl methyl sites for hydroxylation is 2. The Morgan fingerprint density at radius 1 is 0.535 bits per heavy atom. The summed E-state index contributed by atoms with van der Waals surface area (Å²) in [5.41, 5.74) is 5.62. The fraction of sp³-hybridized carbons (Fsp3) is 0.297. The Bertz CT molecular complexity index is 1340. The monoisotopic (exact) mass is 578 g/mol.